The van der Waals surface area contributed by atoms with Crippen molar-refractivity contribution < 1.29 is 8.42 Å². The van der Waals surface area contributed by atoms with E-state index in [0.29, 0.717) is 12.3 Å². The van der Waals surface area contributed by atoms with Crippen molar-refractivity contribution in [1.29, 1.82) is 0 Å². The number of thiazole rings is 1. The van der Waals surface area contributed by atoms with E-state index in [2.05, 4.69) is 15.8 Å². The van der Waals surface area contributed by atoms with E-state index in [1.165, 1.54) is 6.26 Å². The molecule has 20 heavy (non-hydrogen) atoms. The van der Waals surface area contributed by atoms with Crippen molar-refractivity contribution in [2.45, 2.75) is 50.3 Å². The van der Waals surface area contributed by atoms with Gasteiger partial charge in [-0.2, -0.15) is 0 Å². The lowest BCUT2D eigenvalue weighted by molar-refractivity contribution is 0.269. The average molecular weight is 317 g/mol. The van der Waals surface area contributed by atoms with Crippen LogP contribution in [0.25, 0.3) is 0 Å². The fourth-order valence-corrected chi connectivity index (χ4v) is 4.84. The quantitative estimate of drug-likeness (QED) is 0.634. The van der Waals surface area contributed by atoms with Gasteiger partial charge >= 0.3 is 0 Å². The number of aromatic nitrogens is 1. The minimum Gasteiger partial charge on any atom is -0.271 e. The molecule has 1 saturated carbocycles. The molecule has 0 spiro atoms. The number of rotatable bonds is 5. The Hall–Kier alpha value is -0.500. The van der Waals surface area contributed by atoms with E-state index in [9.17, 15) is 8.42 Å². The minimum absolute atomic E-state index is 0.0982. The fourth-order valence-electron chi connectivity index (χ4n) is 3.02. The predicted molar refractivity (Wildman–Crippen MR) is 82.3 cm³/mol. The van der Waals surface area contributed by atoms with Gasteiger partial charge in [-0.1, -0.05) is 6.42 Å². The summed E-state index contributed by atoms with van der Waals surface area (Å²) >= 11 is 1.63. The topological polar surface area (TPSA) is 85.1 Å². The smallest absolute Gasteiger partial charge is 0.150 e. The summed E-state index contributed by atoms with van der Waals surface area (Å²) in [4.78, 5) is 4.47. The van der Waals surface area contributed by atoms with Gasteiger partial charge in [-0.15, -0.1) is 11.3 Å². The largest absolute Gasteiger partial charge is 0.271 e. The number of nitrogens with zero attached hydrogens (tertiary/aromatic N) is 1. The van der Waals surface area contributed by atoms with Crippen LogP contribution < -0.4 is 11.3 Å². The lowest BCUT2D eigenvalue weighted by Gasteiger charge is -2.33. The Morgan fingerprint density at radius 2 is 2.30 bits per heavy atom. The Morgan fingerprint density at radius 3 is 2.85 bits per heavy atom. The number of hydrogen-bond acceptors (Lipinski definition) is 6. The number of aryl methyl sites for hydroxylation is 1. The van der Waals surface area contributed by atoms with E-state index in [-0.39, 0.29) is 11.3 Å². The van der Waals surface area contributed by atoms with Crippen LogP contribution in [0.15, 0.2) is 5.38 Å². The third-order valence-corrected chi connectivity index (χ3v) is 6.61. The molecule has 0 radical (unpaired) electrons. The Labute approximate surface area is 124 Å². The van der Waals surface area contributed by atoms with E-state index >= 15 is 0 Å². The van der Waals surface area contributed by atoms with Gasteiger partial charge in [-0.3, -0.25) is 11.3 Å². The standard InChI is InChI=1S/C13H23N3O2S2/c1-9-15-11(8-19-9)7-13(16-14)10-4-3-5-12(6-10)20(2,17)18/h8,10,12-13,16H,3-7,14H2,1-2H3. The van der Waals surface area contributed by atoms with Gasteiger partial charge in [0.15, 0.2) is 0 Å². The van der Waals surface area contributed by atoms with Crippen LogP contribution in [0.3, 0.4) is 0 Å². The fraction of sp³-hybridized carbons (Fsp3) is 0.769. The molecule has 3 atom stereocenters. The normalized spacial score (nSPS) is 25.6. The van der Waals surface area contributed by atoms with Crippen molar-refractivity contribution in [2.24, 2.45) is 11.8 Å². The lowest BCUT2D eigenvalue weighted by Crippen LogP contribution is -2.45. The zero-order valence-electron chi connectivity index (χ0n) is 12.0. The summed E-state index contributed by atoms with van der Waals surface area (Å²) in [5.74, 6) is 5.99. The molecule has 7 heteroatoms. The molecule has 1 aromatic heterocycles. The van der Waals surface area contributed by atoms with Crippen molar-refractivity contribution >= 4 is 21.2 Å². The highest BCUT2D eigenvalue weighted by Crippen LogP contribution is 2.31. The molecule has 1 aromatic rings. The van der Waals surface area contributed by atoms with Gasteiger partial charge in [0.25, 0.3) is 0 Å². The van der Waals surface area contributed by atoms with Crippen LogP contribution in [-0.4, -0.2) is 30.9 Å². The van der Waals surface area contributed by atoms with Gasteiger partial charge in [0.1, 0.15) is 9.84 Å². The molecular formula is C13H23N3O2S2. The lowest BCUT2D eigenvalue weighted by atomic mass is 9.82. The van der Waals surface area contributed by atoms with Crippen LogP contribution >= 0.6 is 11.3 Å². The maximum Gasteiger partial charge on any atom is 0.150 e. The van der Waals surface area contributed by atoms with Crippen LogP contribution in [0.1, 0.15) is 36.4 Å². The van der Waals surface area contributed by atoms with Crippen LogP contribution in [0.4, 0.5) is 0 Å². The highest BCUT2D eigenvalue weighted by atomic mass is 32.2. The van der Waals surface area contributed by atoms with Crippen molar-refractivity contribution in [3.05, 3.63) is 16.1 Å². The first-order chi connectivity index (χ1) is 9.40. The zero-order valence-corrected chi connectivity index (χ0v) is 13.6. The molecule has 2 rings (SSSR count). The van der Waals surface area contributed by atoms with Crippen molar-refractivity contribution in [2.75, 3.05) is 6.26 Å². The average Bonchev–Trinajstić information content (AvgIpc) is 2.81. The van der Waals surface area contributed by atoms with Crippen LogP contribution in [0, 0.1) is 12.8 Å². The van der Waals surface area contributed by atoms with Gasteiger partial charge in [-0.25, -0.2) is 13.4 Å². The first-order valence-corrected chi connectivity index (χ1v) is 9.79. The monoisotopic (exact) mass is 317 g/mol. The van der Waals surface area contributed by atoms with Gasteiger partial charge in [0.05, 0.1) is 16.0 Å². The second-order valence-electron chi connectivity index (χ2n) is 5.71. The van der Waals surface area contributed by atoms with Crippen molar-refractivity contribution in [3.8, 4) is 0 Å². The second-order valence-corrected chi connectivity index (χ2v) is 9.10. The molecule has 1 aliphatic carbocycles. The molecule has 0 saturated heterocycles. The molecule has 0 amide bonds. The first-order valence-electron chi connectivity index (χ1n) is 6.96. The minimum atomic E-state index is -2.95. The van der Waals surface area contributed by atoms with Crippen LogP contribution in [-0.2, 0) is 16.3 Å². The molecule has 0 aliphatic heterocycles. The molecule has 1 aliphatic rings. The summed E-state index contributed by atoms with van der Waals surface area (Å²) in [5.41, 5.74) is 3.91. The highest BCUT2D eigenvalue weighted by Gasteiger charge is 2.33. The van der Waals surface area contributed by atoms with Gasteiger partial charge in [0, 0.05) is 24.1 Å². The number of nitrogens with two attached hydrogens (primary N) is 1. The highest BCUT2D eigenvalue weighted by molar-refractivity contribution is 7.91. The molecular weight excluding hydrogens is 294 g/mol. The summed E-state index contributed by atoms with van der Waals surface area (Å²) in [6.45, 7) is 1.99. The van der Waals surface area contributed by atoms with Gasteiger partial charge < -0.3 is 0 Å². The van der Waals surface area contributed by atoms with E-state index in [1.54, 1.807) is 11.3 Å². The van der Waals surface area contributed by atoms with Crippen molar-refractivity contribution in [3.63, 3.8) is 0 Å². The van der Waals surface area contributed by atoms with E-state index in [0.717, 1.165) is 36.4 Å². The van der Waals surface area contributed by atoms with Crippen molar-refractivity contribution in [1.82, 2.24) is 10.4 Å². The summed E-state index contributed by atoms with van der Waals surface area (Å²) in [6.07, 6.45) is 5.58. The van der Waals surface area contributed by atoms with Crippen LogP contribution in [0.5, 0.6) is 0 Å². The van der Waals surface area contributed by atoms with Gasteiger partial charge in [-0.05, 0) is 32.1 Å². The number of hydrogen-bond donors (Lipinski definition) is 2. The molecule has 3 unspecified atom stereocenters. The van der Waals surface area contributed by atoms with Crippen LogP contribution in [0.2, 0.25) is 0 Å². The summed E-state index contributed by atoms with van der Waals surface area (Å²) in [6, 6.07) is 0.0982. The Kier molecular flexibility index (Phi) is 5.17. The number of hydrazine groups is 1. The summed E-state index contributed by atoms with van der Waals surface area (Å²) < 4.78 is 23.5. The van der Waals surface area contributed by atoms with E-state index < -0.39 is 9.84 Å². The zero-order chi connectivity index (χ0) is 14.8. The number of nitrogens with one attached hydrogen (secondary N) is 1. The molecule has 3 N–H and O–H groups in total. The maximum atomic E-state index is 11.7. The first kappa shape index (κ1) is 15.9. The number of sulfone groups is 1. The van der Waals surface area contributed by atoms with Gasteiger partial charge in [0.2, 0.25) is 0 Å². The van der Waals surface area contributed by atoms with E-state index in [1.807, 2.05) is 6.92 Å². The third-order valence-electron chi connectivity index (χ3n) is 4.15. The maximum absolute atomic E-state index is 11.7. The molecule has 1 fully saturated rings. The Bertz CT molecular complexity index is 542. The molecule has 114 valence electrons. The molecule has 1 heterocycles. The predicted octanol–water partition coefficient (Wildman–Crippen LogP) is 1.43. The SMILES string of the molecule is Cc1nc(CC(NN)C2CCCC(S(C)(=O)=O)C2)cs1. The summed E-state index contributed by atoms with van der Waals surface area (Å²) in [5, 5.41) is 2.89. The third kappa shape index (κ3) is 4.00. The Balaban J connectivity index is 2.03. The summed E-state index contributed by atoms with van der Waals surface area (Å²) in [7, 11) is -2.95. The molecule has 0 aromatic carbocycles. The second kappa shape index (κ2) is 6.51. The molecule has 5 nitrogen and oxygen atoms in total. The molecule has 0 bridgehead atoms. The van der Waals surface area contributed by atoms with E-state index in [4.69, 9.17) is 5.84 Å². The Morgan fingerprint density at radius 1 is 1.55 bits per heavy atom.